The van der Waals surface area contributed by atoms with Gasteiger partial charge in [-0.25, -0.2) is 0 Å². The third-order valence-electron chi connectivity index (χ3n) is 3.81. The highest BCUT2D eigenvalue weighted by atomic mass is 79.9. The Labute approximate surface area is 87.1 Å². The van der Waals surface area contributed by atoms with E-state index in [0.717, 1.165) is 30.4 Å². The van der Waals surface area contributed by atoms with Gasteiger partial charge >= 0.3 is 0 Å². The first-order valence-electron chi connectivity index (χ1n) is 5.22. The van der Waals surface area contributed by atoms with E-state index in [4.69, 9.17) is 9.47 Å². The van der Waals surface area contributed by atoms with E-state index in [1.807, 2.05) is 0 Å². The quantitative estimate of drug-likeness (QED) is 0.611. The Hall–Kier alpha value is 0.400. The second-order valence-electron chi connectivity index (χ2n) is 4.49. The topological polar surface area (TPSA) is 18.5 Å². The average Bonchev–Trinajstić information content (AvgIpc) is 2.53. The van der Waals surface area contributed by atoms with Crippen LogP contribution in [-0.4, -0.2) is 23.8 Å². The van der Waals surface area contributed by atoms with E-state index in [1.54, 1.807) is 0 Å². The lowest BCUT2D eigenvalue weighted by atomic mass is 9.61. The molecule has 2 aliphatic carbocycles. The van der Waals surface area contributed by atoms with Gasteiger partial charge in [-0.05, 0) is 25.2 Å². The van der Waals surface area contributed by atoms with E-state index in [-0.39, 0.29) is 5.79 Å². The number of halogens is 1. The van der Waals surface area contributed by atoms with Crippen molar-refractivity contribution >= 4 is 15.9 Å². The second kappa shape index (κ2) is 2.94. The highest BCUT2D eigenvalue weighted by Gasteiger charge is 2.59. The summed E-state index contributed by atoms with van der Waals surface area (Å²) in [5, 5.41) is 0. The number of hydrogen-bond donors (Lipinski definition) is 0. The Bertz CT molecular complexity index is 213. The summed E-state index contributed by atoms with van der Waals surface area (Å²) in [7, 11) is 0. The summed E-state index contributed by atoms with van der Waals surface area (Å²) < 4.78 is 11.5. The van der Waals surface area contributed by atoms with Crippen LogP contribution in [0.5, 0.6) is 0 Å². The summed E-state index contributed by atoms with van der Waals surface area (Å²) in [5.41, 5.74) is 0. The first-order valence-corrected chi connectivity index (χ1v) is 6.14. The molecule has 3 atom stereocenters. The van der Waals surface area contributed by atoms with Crippen molar-refractivity contribution in [3.05, 3.63) is 0 Å². The normalized spacial score (nSPS) is 47.3. The first-order chi connectivity index (χ1) is 6.30. The van der Waals surface area contributed by atoms with Gasteiger partial charge in [0.15, 0.2) is 5.79 Å². The fraction of sp³-hybridized carbons (Fsp3) is 1.00. The molecule has 3 fully saturated rings. The van der Waals surface area contributed by atoms with Crippen LogP contribution < -0.4 is 0 Å². The summed E-state index contributed by atoms with van der Waals surface area (Å²) in [6, 6.07) is 0. The fourth-order valence-corrected chi connectivity index (χ4v) is 3.91. The highest BCUT2D eigenvalue weighted by molar-refractivity contribution is 9.09. The van der Waals surface area contributed by atoms with Crippen LogP contribution in [0, 0.1) is 11.8 Å². The molecular formula is C10H15BrO2. The molecule has 13 heavy (non-hydrogen) atoms. The zero-order valence-electron chi connectivity index (χ0n) is 7.67. The fourth-order valence-electron chi connectivity index (χ4n) is 3.17. The number of fused-ring (bicyclic) bond motifs is 2. The molecular weight excluding hydrogens is 232 g/mol. The molecule has 3 heteroatoms. The van der Waals surface area contributed by atoms with Crippen LogP contribution in [0.15, 0.2) is 0 Å². The van der Waals surface area contributed by atoms with Crippen LogP contribution in [0.3, 0.4) is 0 Å². The van der Waals surface area contributed by atoms with E-state index in [9.17, 15) is 0 Å². The molecule has 1 aliphatic heterocycles. The molecule has 74 valence electrons. The minimum Gasteiger partial charge on any atom is -0.347 e. The molecule has 3 rings (SSSR count). The predicted molar refractivity (Wildman–Crippen MR) is 52.8 cm³/mol. The van der Waals surface area contributed by atoms with E-state index >= 15 is 0 Å². The molecule has 0 aromatic heterocycles. The Morgan fingerprint density at radius 3 is 2.62 bits per heavy atom. The van der Waals surface area contributed by atoms with Crippen molar-refractivity contribution in [3.63, 3.8) is 0 Å². The number of hydrogen-bond acceptors (Lipinski definition) is 2. The Balaban J connectivity index is 1.71. The molecule has 2 saturated carbocycles. The van der Waals surface area contributed by atoms with Crippen molar-refractivity contribution in [2.45, 2.75) is 36.3 Å². The minimum atomic E-state index is -0.127. The first kappa shape index (κ1) is 8.69. The van der Waals surface area contributed by atoms with Gasteiger partial charge in [-0.3, -0.25) is 0 Å². The van der Waals surface area contributed by atoms with E-state index in [1.165, 1.54) is 19.3 Å². The van der Waals surface area contributed by atoms with Gasteiger partial charge in [0, 0.05) is 17.2 Å². The van der Waals surface area contributed by atoms with Crippen LogP contribution in [0.25, 0.3) is 0 Å². The number of ether oxygens (including phenoxy) is 2. The zero-order valence-corrected chi connectivity index (χ0v) is 9.26. The van der Waals surface area contributed by atoms with Crippen molar-refractivity contribution in [2.24, 2.45) is 11.8 Å². The number of rotatable bonds is 0. The lowest BCUT2D eigenvalue weighted by molar-refractivity contribution is -0.283. The van der Waals surface area contributed by atoms with Gasteiger partial charge in [0.25, 0.3) is 0 Å². The molecule has 1 heterocycles. The zero-order chi connectivity index (χ0) is 8.89. The second-order valence-corrected chi connectivity index (χ2v) is 5.78. The molecule has 0 amide bonds. The van der Waals surface area contributed by atoms with Gasteiger partial charge in [-0.2, -0.15) is 0 Å². The summed E-state index contributed by atoms with van der Waals surface area (Å²) in [4.78, 5) is 0.743. The van der Waals surface area contributed by atoms with Crippen molar-refractivity contribution < 1.29 is 9.47 Å². The van der Waals surface area contributed by atoms with Crippen LogP contribution in [-0.2, 0) is 9.47 Å². The van der Waals surface area contributed by atoms with E-state index in [0.29, 0.717) is 5.92 Å². The SMILES string of the molecule is BrC1CCC2C(C1)CC21OCCO1. The monoisotopic (exact) mass is 246 g/mol. The molecule has 0 radical (unpaired) electrons. The van der Waals surface area contributed by atoms with Gasteiger partial charge in [0.1, 0.15) is 0 Å². The Kier molecular flexibility index (Phi) is 1.97. The maximum Gasteiger partial charge on any atom is 0.171 e. The van der Waals surface area contributed by atoms with Crippen molar-refractivity contribution in [3.8, 4) is 0 Å². The lowest BCUT2D eigenvalue weighted by Crippen LogP contribution is -2.57. The van der Waals surface area contributed by atoms with Crippen LogP contribution in [0.2, 0.25) is 0 Å². The van der Waals surface area contributed by atoms with Crippen molar-refractivity contribution in [1.29, 1.82) is 0 Å². The summed E-state index contributed by atoms with van der Waals surface area (Å²) >= 11 is 3.71. The molecule has 0 aromatic rings. The number of alkyl halides is 1. The van der Waals surface area contributed by atoms with Gasteiger partial charge in [0.2, 0.25) is 0 Å². The largest absolute Gasteiger partial charge is 0.347 e. The Morgan fingerprint density at radius 2 is 1.92 bits per heavy atom. The molecule has 3 aliphatic rings. The van der Waals surface area contributed by atoms with Crippen LogP contribution in [0.4, 0.5) is 0 Å². The maximum atomic E-state index is 5.74. The summed E-state index contributed by atoms with van der Waals surface area (Å²) in [5.74, 6) is 1.43. The molecule has 0 aromatic carbocycles. The maximum absolute atomic E-state index is 5.74. The highest BCUT2D eigenvalue weighted by Crippen LogP contribution is 2.56. The van der Waals surface area contributed by atoms with Crippen LogP contribution >= 0.6 is 15.9 Å². The molecule has 0 N–H and O–H groups in total. The minimum absolute atomic E-state index is 0.127. The predicted octanol–water partition coefficient (Wildman–Crippen LogP) is 2.31. The van der Waals surface area contributed by atoms with Crippen LogP contribution in [0.1, 0.15) is 25.7 Å². The summed E-state index contributed by atoms with van der Waals surface area (Å²) in [6.07, 6.45) is 5.02. The van der Waals surface area contributed by atoms with Gasteiger partial charge in [-0.1, -0.05) is 15.9 Å². The van der Waals surface area contributed by atoms with Gasteiger partial charge in [-0.15, -0.1) is 0 Å². The molecule has 1 spiro atoms. The third-order valence-corrected chi connectivity index (χ3v) is 4.64. The molecule has 3 unspecified atom stereocenters. The lowest BCUT2D eigenvalue weighted by Gasteiger charge is -2.54. The van der Waals surface area contributed by atoms with E-state index < -0.39 is 0 Å². The average molecular weight is 247 g/mol. The third kappa shape index (κ3) is 1.20. The smallest absolute Gasteiger partial charge is 0.171 e. The van der Waals surface area contributed by atoms with Gasteiger partial charge in [0.05, 0.1) is 13.2 Å². The molecule has 0 bridgehead atoms. The van der Waals surface area contributed by atoms with Crippen molar-refractivity contribution in [2.75, 3.05) is 13.2 Å². The molecule has 2 nitrogen and oxygen atoms in total. The standard InChI is InChI=1S/C10H15BrO2/c11-8-1-2-9-7(5-8)6-10(9)12-3-4-13-10/h7-9H,1-6H2. The summed E-state index contributed by atoms with van der Waals surface area (Å²) in [6.45, 7) is 1.61. The van der Waals surface area contributed by atoms with Crippen molar-refractivity contribution in [1.82, 2.24) is 0 Å². The molecule has 1 saturated heterocycles. The Morgan fingerprint density at radius 1 is 1.15 bits per heavy atom. The van der Waals surface area contributed by atoms with E-state index in [2.05, 4.69) is 15.9 Å². The van der Waals surface area contributed by atoms with Gasteiger partial charge < -0.3 is 9.47 Å².